The average molecular weight is 304 g/mol. The fraction of sp³-hybridized carbons (Fsp3) is 0.182. The van der Waals surface area contributed by atoms with Crippen LogP contribution in [0, 0.1) is 0 Å². The Morgan fingerprint density at radius 3 is 2.53 bits per heavy atom. The van der Waals surface area contributed by atoms with E-state index >= 15 is 0 Å². The first kappa shape index (κ1) is 15.3. The summed E-state index contributed by atoms with van der Waals surface area (Å²) >= 11 is 11.8. The van der Waals surface area contributed by atoms with E-state index < -0.39 is 5.91 Å². The van der Waals surface area contributed by atoms with Crippen LogP contribution in [0.4, 0.5) is 0 Å². The Bertz CT molecular complexity index is 486. The molecule has 6 nitrogen and oxygen atoms in total. The second-order valence-electron chi connectivity index (χ2n) is 3.37. The molecule has 19 heavy (non-hydrogen) atoms. The molecule has 0 aromatic heterocycles. The molecule has 0 aliphatic rings. The van der Waals surface area contributed by atoms with Crippen molar-refractivity contribution in [1.29, 1.82) is 0 Å². The number of rotatable bonds is 4. The van der Waals surface area contributed by atoms with Gasteiger partial charge in [0.25, 0.3) is 5.91 Å². The second kappa shape index (κ2) is 7.60. The molecule has 1 rings (SSSR count). The van der Waals surface area contributed by atoms with Gasteiger partial charge in [-0.05, 0) is 12.1 Å². The molecule has 0 spiro atoms. The number of carbonyl (C=O) groups is 2. The summed E-state index contributed by atoms with van der Waals surface area (Å²) in [5, 5.41) is 4.40. The van der Waals surface area contributed by atoms with Crippen molar-refractivity contribution < 1.29 is 14.4 Å². The van der Waals surface area contributed by atoms with Crippen molar-refractivity contribution >= 4 is 41.2 Å². The predicted octanol–water partition coefficient (Wildman–Crippen LogP) is 1.51. The number of carbonyl (C=O) groups excluding carboxylic acids is 2. The van der Waals surface area contributed by atoms with Gasteiger partial charge in [-0.3, -0.25) is 20.4 Å². The molecule has 0 saturated heterocycles. The van der Waals surface area contributed by atoms with Gasteiger partial charge in [-0.2, -0.15) is 0 Å². The third kappa shape index (κ3) is 5.58. The van der Waals surface area contributed by atoms with Crippen LogP contribution in [0.3, 0.4) is 0 Å². The summed E-state index contributed by atoms with van der Waals surface area (Å²) in [4.78, 5) is 26.4. The maximum atomic E-state index is 11.1. The predicted molar refractivity (Wildman–Crippen MR) is 72.0 cm³/mol. The van der Waals surface area contributed by atoms with Gasteiger partial charge in [-0.1, -0.05) is 34.4 Å². The van der Waals surface area contributed by atoms with E-state index in [1.54, 1.807) is 18.2 Å². The lowest BCUT2D eigenvalue weighted by Crippen LogP contribution is -2.41. The first-order chi connectivity index (χ1) is 9.00. The van der Waals surface area contributed by atoms with Gasteiger partial charge in [0.05, 0.1) is 16.3 Å². The topological polar surface area (TPSA) is 79.8 Å². The first-order valence-electron chi connectivity index (χ1n) is 5.15. The molecule has 2 amide bonds. The van der Waals surface area contributed by atoms with Crippen LogP contribution in [-0.4, -0.2) is 24.6 Å². The highest BCUT2D eigenvalue weighted by molar-refractivity contribution is 6.38. The van der Waals surface area contributed by atoms with Crippen LogP contribution in [0.1, 0.15) is 12.5 Å². The molecule has 0 fully saturated rings. The van der Waals surface area contributed by atoms with Crippen LogP contribution in [0.25, 0.3) is 0 Å². The van der Waals surface area contributed by atoms with Crippen LogP contribution in [0.5, 0.6) is 0 Å². The summed E-state index contributed by atoms with van der Waals surface area (Å²) in [6, 6.07) is 5.00. The van der Waals surface area contributed by atoms with Crippen molar-refractivity contribution in [1.82, 2.24) is 10.9 Å². The molecule has 1 aromatic rings. The molecule has 2 N–H and O–H groups in total. The Balaban J connectivity index is 2.42. The maximum Gasteiger partial charge on any atom is 0.279 e. The van der Waals surface area contributed by atoms with Gasteiger partial charge in [0.2, 0.25) is 5.91 Å². The molecule has 0 atom stereocenters. The summed E-state index contributed by atoms with van der Waals surface area (Å²) in [5.74, 6) is -0.933. The molecule has 8 heteroatoms. The molecule has 0 bridgehead atoms. The Kier molecular flexibility index (Phi) is 6.11. The molecule has 0 saturated carbocycles. The summed E-state index contributed by atoms with van der Waals surface area (Å²) in [7, 11) is 0. The summed E-state index contributed by atoms with van der Waals surface area (Å²) < 4.78 is 0. The van der Waals surface area contributed by atoms with E-state index in [4.69, 9.17) is 28.0 Å². The number of benzene rings is 1. The number of hydrogen-bond acceptors (Lipinski definition) is 4. The van der Waals surface area contributed by atoms with E-state index in [0.29, 0.717) is 15.6 Å². The van der Waals surface area contributed by atoms with E-state index in [2.05, 4.69) is 16.0 Å². The van der Waals surface area contributed by atoms with Crippen molar-refractivity contribution in [2.45, 2.75) is 6.92 Å². The van der Waals surface area contributed by atoms with Gasteiger partial charge < -0.3 is 4.84 Å². The normalized spacial score (nSPS) is 10.3. The number of oxime groups is 1. The third-order valence-corrected chi connectivity index (χ3v) is 2.49. The van der Waals surface area contributed by atoms with E-state index in [1.807, 2.05) is 0 Å². The lowest BCUT2D eigenvalue weighted by molar-refractivity contribution is -0.130. The largest absolute Gasteiger partial charge is 0.386 e. The van der Waals surface area contributed by atoms with Crippen molar-refractivity contribution in [3.63, 3.8) is 0 Å². The summed E-state index contributed by atoms with van der Waals surface area (Å²) in [6.45, 7) is 0.914. The van der Waals surface area contributed by atoms with Crippen LogP contribution in [0.2, 0.25) is 10.0 Å². The molecular formula is C11H11Cl2N3O3. The van der Waals surface area contributed by atoms with Gasteiger partial charge in [0.1, 0.15) is 0 Å². The van der Waals surface area contributed by atoms with E-state index in [-0.39, 0.29) is 12.5 Å². The Hall–Kier alpha value is -1.79. The smallest absolute Gasteiger partial charge is 0.279 e. The minimum atomic E-state index is -0.544. The number of nitrogens with zero attached hydrogens (tertiary/aromatic N) is 1. The van der Waals surface area contributed by atoms with E-state index in [1.165, 1.54) is 13.1 Å². The minimum Gasteiger partial charge on any atom is -0.386 e. The monoisotopic (exact) mass is 303 g/mol. The van der Waals surface area contributed by atoms with Gasteiger partial charge in [-0.25, -0.2) is 0 Å². The molecule has 0 unspecified atom stereocenters. The highest BCUT2D eigenvalue weighted by Crippen LogP contribution is 2.22. The number of amides is 2. The molecular weight excluding hydrogens is 293 g/mol. The quantitative estimate of drug-likeness (QED) is 0.653. The summed E-state index contributed by atoms with van der Waals surface area (Å²) in [5.41, 5.74) is 4.72. The van der Waals surface area contributed by atoms with Crippen LogP contribution < -0.4 is 10.9 Å². The summed E-state index contributed by atoms with van der Waals surface area (Å²) in [6.07, 6.45) is 1.30. The molecule has 0 aliphatic heterocycles. The fourth-order valence-electron chi connectivity index (χ4n) is 1.01. The number of hydrogen-bond donors (Lipinski definition) is 2. The van der Waals surface area contributed by atoms with Crippen molar-refractivity contribution in [3.8, 4) is 0 Å². The van der Waals surface area contributed by atoms with E-state index in [0.717, 1.165) is 0 Å². The number of halogens is 2. The second-order valence-corrected chi connectivity index (χ2v) is 4.19. The number of nitrogens with one attached hydrogen (secondary N) is 2. The van der Waals surface area contributed by atoms with Crippen molar-refractivity contribution in [3.05, 3.63) is 33.8 Å². The lowest BCUT2D eigenvalue weighted by Gasteiger charge is -2.03. The first-order valence-corrected chi connectivity index (χ1v) is 5.91. The third-order valence-electron chi connectivity index (χ3n) is 1.83. The van der Waals surface area contributed by atoms with Crippen LogP contribution >= 0.6 is 23.2 Å². The number of hydrazine groups is 1. The zero-order valence-electron chi connectivity index (χ0n) is 9.94. The molecule has 102 valence electrons. The van der Waals surface area contributed by atoms with Gasteiger partial charge in [0, 0.05) is 12.5 Å². The Morgan fingerprint density at radius 2 is 1.95 bits per heavy atom. The maximum absolute atomic E-state index is 11.1. The Labute approximate surface area is 119 Å². The van der Waals surface area contributed by atoms with Gasteiger partial charge in [0.15, 0.2) is 6.61 Å². The Morgan fingerprint density at radius 1 is 1.32 bits per heavy atom. The van der Waals surface area contributed by atoms with Crippen LogP contribution in [-0.2, 0) is 14.4 Å². The van der Waals surface area contributed by atoms with E-state index in [9.17, 15) is 9.59 Å². The standard InChI is InChI=1S/C11H11Cl2N3O3/c1-7(17)15-16-11(18)6-19-14-5-8-9(12)3-2-4-10(8)13/h2-5H,6H2,1H3,(H,15,17)(H,16,18). The van der Waals surface area contributed by atoms with Gasteiger partial charge in [-0.15, -0.1) is 0 Å². The minimum absolute atomic E-state index is 0.348. The zero-order chi connectivity index (χ0) is 14.3. The van der Waals surface area contributed by atoms with Crippen molar-refractivity contribution in [2.24, 2.45) is 5.16 Å². The van der Waals surface area contributed by atoms with Gasteiger partial charge >= 0.3 is 0 Å². The highest BCUT2D eigenvalue weighted by atomic mass is 35.5. The molecule has 1 aromatic carbocycles. The lowest BCUT2D eigenvalue weighted by atomic mass is 10.2. The molecule has 0 aliphatic carbocycles. The average Bonchev–Trinajstić information content (AvgIpc) is 2.35. The van der Waals surface area contributed by atoms with Crippen molar-refractivity contribution in [2.75, 3.05) is 6.61 Å². The van der Waals surface area contributed by atoms with Crippen LogP contribution in [0.15, 0.2) is 23.4 Å². The fourth-order valence-corrected chi connectivity index (χ4v) is 1.51. The zero-order valence-corrected chi connectivity index (χ0v) is 11.5. The highest BCUT2D eigenvalue weighted by Gasteiger charge is 2.03. The molecule has 0 heterocycles. The SMILES string of the molecule is CC(=O)NNC(=O)CON=Cc1c(Cl)cccc1Cl. The molecule has 0 radical (unpaired) electrons.